The second kappa shape index (κ2) is 6.12. The first-order chi connectivity index (χ1) is 7.09. The third-order valence-corrected chi connectivity index (χ3v) is 3.24. The van der Waals surface area contributed by atoms with Gasteiger partial charge in [0.2, 0.25) is 0 Å². The number of aliphatic hydroxyl groups excluding tert-OH is 1. The van der Waals surface area contributed by atoms with Crippen LogP contribution < -0.4 is 0 Å². The van der Waals surface area contributed by atoms with Crippen LogP contribution in [0.1, 0.15) is 52.9 Å². The number of aliphatic hydroxyl groups is 1. The molecule has 1 nitrogen and oxygen atoms in total. The fourth-order valence-electron chi connectivity index (χ4n) is 2.11. The van der Waals surface area contributed by atoms with Crippen molar-refractivity contribution >= 4 is 0 Å². The third kappa shape index (κ3) is 4.65. The van der Waals surface area contributed by atoms with Crippen molar-refractivity contribution in [2.24, 2.45) is 5.92 Å². The Bertz CT molecular complexity index is 246. The quantitative estimate of drug-likeness (QED) is 0.696. The van der Waals surface area contributed by atoms with E-state index in [0.717, 1.165) is 19.3 Å². The number of hydrogen-bond acceptors (Lipinski definition) is 1. The Morgan fingerprint density at radius 2 is 2.33 bits per heavy atom. The summed E-state index contributed by atoms with van der Waals surface area (Å²) in [6.45, 7) is 6.41. The van der Waals surface area contributed by atoms with E-state index in [4.69, 9.17) is 0 Å². The molecule has 1 aliphatic rings. The smallest absolute Gasteiger partial charge is 0.0574 e. The molecule has 0 fully saturated rings. The minimum Gasteiger partial charge on any atom is -0.393 e. The summed E-state index contributed by atoms with van der Waals surface area (Å²) in [4.78, 5) is 0. The average molecular weight is 208 g/mol. The predicted octanol–water partition coefficient (Wildman–Crippen LogP) is 3.84. The van der Waals surface area contributed by atoms with Crippen LogP contribution in [-0.2, 0) is 0 Å². The summed E-state index contributed by atoms with van der Waals surface area (Å²) >= 11 is 0. The number of rotatable bonds is 4. The molecule has 0 heterocycles. The largest absolute Gasteiger partial charge is 0.393 e. The highest BCUT2D eigenvalue weighted by molar-refractivity contribution is 5.04. The van der Waals surface area contributed by atoms with Crippen molar-refractivity contribution in [2.45, 2.75) is 59.0 Å². The topological polar surface area (TPSA) is 20.2 Å². The SMILES string of the molecule is CC(C)=CCCC(O)[C@@H]1CC=C(C)CC1. The zero-order valence-electron chi connectivity index (χ0n) is 10.3. The lowest BCUT2D eigenvalue weighted by Crippen LogP contribution is -2.21. The lowest BCUT2D eigenvalue weighted by atomic mass is 9.84. The Morgan fingerprint density at radius 3 is 2.87 bits per heavy atom. The molecule has 1 rings (SSSR count). The molecular formula is C14H24O. The van der Waals surface area contributed by atoms with Gasteiger partial charge in [-0.2, -0.15) is 0 Å². The van der Waals surface area contributed by atoms with Crippen LogP contribution in [0.15, 0.2) is 23.3 Å². The molecule has 0 aliphatic heterocycles. The highest BCUT2D eigenvalue weighted by atomic mass is 16.3. The maximum absolute atomic E-state index is 10.0. The van der Waals surface area contributed by atoms with Gasteiger partial charge in [-0.1, -0.05) is 23.3 Å². The highest BCUT2D eigenvalue weighted by Crippen LogP contribution is 2.27. The maximum Gasteiger partial charge on any atom is 0.0574 e. The molecule has 0 saturated carbocycles. The van der Waals surface area contributed by atoms with Crippen LogP contribution in [0.3, 0.4) is 0 Å². The van der Waals surface area contributed by atoms with Crippen LogP contribution in [-0.4, -0.2) is 11.2 Å². The van der Waals surface area contributed by atoms with E-state index in [-0.39, 0.29) is 6.10 Å². The summed E-state index contributed by atoms with van der Waals surface area (Å²) in [5, 5.41) is 10.0. The lowest BCUT2D eigenvalue weighted by molar-refractivity contribution is 0.0936. The summed E-state index contributed by atoms with van der Waals surface area (Å²) in [6.07, 6.45) is 9.74. The minimum absolute atomic E-state index is 0.107. The van der Waals surface area contributed by atoms with Crippen LogP contribution in [0.4, 0.5) is 0 Å². The van der Waals surface area contributed by atoms with Gasteiger partial charge in [0.05, 0.1) is 6.10 Å². The maximum atomic E-state index is 10.0. The summed E-state index contributed by atoms with van der Waals surface area (Å²) in [7, 11) is 0. The molecule has 1 unspecified atom stereocenters. The van der Waals surface area contributed by atoms with Crippen LogP contribution in [0, 0.1) is 5.92 Å². The van der Waals surface area contributed by atoms with Crippen molar-refractivity contribution in [1.29, 1.82) is 0 Å². The first-order valence-corrected chi connectivity index (χ1v) is 6.06. The van der Waals surface area contributed by atoms with Gasteiger partial charge in [-0.05, 0) is 58.8 Å². The molecule has 0 spiro atoms. The molecule has 0 bridgehead atoms. The van der Waals surface area contributed by atoms with E-state index in [0.29, 0.717) is 5.92 Å². The Morgan fingerprint density at radius 1 is 1.60 bits per heavy atom. The summed E-state index contributed by atoms with van der Waals surface area (Å²) in [6, 6.07) is 0. The first kappa shape index (κ1) is 12.5. The summed E-state index contributed by atoms with van der Waals surface area (Å²) < 4.78 is 0. The molecule has 0 aromatic carbocycles. The van der Waals surface area contributed by atoms with E-state index in [1.165, 1.54) is 24.0 Å². The molecule has 0 aromatic heterocycles. The van der Waals surface area contributed by atoms with Crippen molar-refractivity contribution in [3.63, 3.8) is 0 Å². The molecule has 2 atom stereocenters. The van der Waals surface area contributed by atoms with Gasteiger partial charge in [-0.15, -0.1) is 0 Å². The van der Waals surface area contributed by atoms with Crippen molar-refractivity contribution in [1.82, 2.24) is 0 Å². The Hall–Kier alpha value is -0.560. The van der Waals surface area contributed by atoms with Gasteiger partial charge in [-0.25, -0.2) is 0 Å². The zero-order chi connectivity index (χ0) is 11.3. The first-order valence-electron chi connectivity index (χ1n) is 6.06. The molecule has 15 heavy (non-hydrogen) atoms. The standard InChI is InChI=1S/C14H24O/c1-11(2)5-4-6-14(15)13-9-7-12(3)8-10-13/h5,7,13-15H,4,6,8-10H2,1-3H3/t13-,14?/m1/s1. The van der Waals surface area contributed by atoms with Crippen molar-refractivity contribution in [3.05, 3.63) is 23.3 Å². The van der Waals surface area contributed by atoms with Crippen LogP contribution in [0.25, 0.3) is 0 Å². The van der Waals surface area contributed by atoms with Crippen molar-refractivity contribution in [2.75, 3.05) is 0 Å². The van der Waals surface area contributed by atoms with Gasteiger partial charge in [0, 0.05) is 0 Å². The summed E-state index contributed by atoms with van der Waals surface area (Å²) in [5.41, 5.74) is 2.84. The zero-order valence-corrected chi connectivity index (χ0v) is 10.3. The van der Waals surface area contributed by atoms with Crippen LogP contribution >= 0.6 is 0 Å². The van der Waals surface area contributed by atoms with E-state index in [9.17, 15) is 5.11 Å². The van der Waals surface area contributed by atoms with Gasteiger partial charge in [-0.3, -0.25) is 0 Å². The molecule has 86 valence electrons. The molecule has 1 aliphatic carbocycles. The van der Waals surface area contributed by atoms with E-state index in [2.05, 4.69) is 32.9 Å². The minimum atomic E-state index is -0.107. The Balaban J connectivity index is 2.29. The van der Waals surface area contributed by atoms with E-state index >= 15 is 0 Å². The average Bonchev–Trinajstić information content (AvgIpc) is 2.18. The fourth-order valence-corrected chi connectivity index (χ4v) is 2.11. The van der Waals surface area contributed by atoms with Gasteiger partial charge in [0.25, 0.3) is 0 Å². The Labute approximate surface area is 93.9 Å². The second-order valence-corrected chi connectivity index (χ2v) is 5.01. The van der Waals surface area contributed by atoms with Gasteiger partial charge < -0.3 is 5.11 Å². The van der Waals surface area contributed by atoms with E-state index in [1.54, 1.807) is 0 Å². The lowest BCUT2D eigenvalue weighted by Gasteiger charge is -2.25. The number of hydrogen-bond donors (Lipinski definition) is 1. The predicted molar refractivity (Wildman–Crippen MR) is 65.8 cm³/mol. The summed E-state index contributed by atoms with van der Waals surface area (Å²) in [5.74, 6) is 0.499. The van der Waals surface area contributed by atoms with Crippen molar-refractivity contribution < 1.29 is 5.11 Å². The van der Waals surface area contributed by atoms with E-state index < -0.39 is 0 Å². The molecule has 0 aromatic rings. The fraction of sp³-hybridized carbons (Fsp3) is 0.714. The third-order valence-electron chi connectivity index (χ3n) is 3.24. The Kier molecular flexibility index (Phi) is 5.10. The molecular weight excluding hydrogens is 184 g/mol. The molecule has 1 heteroatoms. The van der Waals surface area contributed by atoms with Crippen molar-refractivity contribution in [3.8, 4) is 0 Å². The van der Waals surface area contributed by atoms with Gasteiger partial charge >= 0.3 is 0 Å². The van der Waals surface area contributed by atoms with Gasteiger partial charge in [0.1, 0.15) is 0 Å². The monoisotopic (exact) mass is 208 g/mol. The second-order valence-electron chi connectivity index (χ2n) is 5.01. The molecule has 1 N–H and O–H groups in total. The molecule has 0 amide bonds. The molecule has 0 radical (unpaired) electrons. The van der Waals surface area contributed by atoms with Crippen LogP contribution in [0.2, 0.25) is 0 Å². The van der Waals surface area contributed by atoms with E-state index in [1.807, 2.05) is 0 Å². The van der Waals surface area contributed by atoms with Gasteiger partial charge in [0.15, 0.2) is 0 Å². The number of allylic oxidation sites excluding steroid dienone is 4. The normalized spacial score (nSPS) is 23.2. The highest BCUT2D eigenvalue weighted by Gasteiger charge is 2.19. The van der Waals surface area contributed by atoms with Crippen LogP contribution in [0.5, 0.6) is 0 Å². The molecule has 0 saturated heterocycles.